The highest BCUT2D eigenvalue weighted by atomic mass is 79.9. The fourth-order valence-electron chi connectivity index (χ4n) is 1.81. The van der Waals surface area contributed by atoms with Crippen LogP contribution in [0.15, 0.2) is 18.3 Å². The number of hydrogen-bond acceptors (Lipinski definition) is 3. The highest BCUT2D eigenvalue weighted by Gasteiger charge is 2.29. The van der Waals surface area contributed by atoms with Gasteiger partial charge in [-0.2, -0.15) is 0 Å². The van der Waals surface area contributed by atoms with E-state index < -0.39 is 0 Å². The van der Waals surface area contributed by atoms with Crippen molar-refractivity contribution in [3.05, 3.63) is 18.3 Å². The summed E-state index contributed by atoms with van der Waals surface area (Å²) in [7, 11) is 1.57. The van der Waals surface area contributed by atoms with Gasteiger partial charge in [0.15, 0.2) is 0 Å². The van der Waals surface area contributed by atoms with Gasteiger partial charge < -0.3 is 9.64 Å². The van der Waals surface area contributed by atoms with E-state index >= 15 is 0 Å². The van der Waals surface area contributed by atoms with Gasteiger partial charge in [0.05, 0.1) is 12.8 Å². The minimum atomic E-state index is 0.165. The zero-order valence-electron chi connectivity index (χ0n) is 9.02. The molecule has 0 aromatic carbocycles. The van der Waals surface area contributed by atoms with Crippen molar-refractivity contribution in [2.45, 2.75) is 6.42 Å². The Morgan fingerprint density at radius 3 is 3.12 bits per heavy atom. The molecule has 0 saturated carbocycles. The van der Waals surface area contributed by atoms with Crippen molar-refractivity contribution in [1.82, 2.24) is 4.98 Å². The molecular formula is C11H13BrN2O2. The molecule has 1 saturated heterocycles. The first-order valence-electron chi connectivity index (χ1n) is 5.11. The van der Waals surface area contributed by atoms with E-state index in [-0.39, 0.29) is 5.91 Å². The lowest BCUT2D eigenvalue weighted by Crippen LogP contribution is -2.24. The molecule has 0 radical (unpaired) electrons. The van der Waals surface area contributed by atoms with Gasteiger partial charge in [-0.05, 0) is 12.0 Å². The number of alkyl halides is 1. The van der Waals surface area contributed by atoms with Crippen molar-refractivity contribution in [3.8, 4) is 5.88 Å². The number of carbonyl (C=O) groups is 1. The first-order valence-corrected chi connectivity index (χ1v) is 6.23. The largest absolute Gasteiger partial charge is 0.481 e. The van der Waals surface area contributed by atoms with Crippen molar-refractivity contribution in [2.75, 3.05) is 23.9 Å². The third-order valence-electron chi connectivity index (χ3n) is 2.66. The van der Waals surface area contributed by atoms with E-state index in [1.807, 2.05) is 6.07 Å². The molecule has 1 amide bonds. The molecule has 0 N–H and O–H groups in total. The maximum absolute atomic E-state index is 11.8. The molecule has 1 aromatic rings. The number of ether oxygens (including phenoxy) is 1. The standard InChI is InChI=1S/C11H13BrN2O2/c1-16-10-5-9(2-3-13-10)14-7-8(6-12)4-11(14)15/h2-3,5,8H,4,6-7H2,1H3. The summed E-state index contributed by atoms with van der Waals surface area (Å²) in [5, 5.41) is 0.859. The fraction of sp³-hybridized carbons (Fsp3) is 0.455. The Labute approximate surface area is 103 Å². The molecule has 1 unspecified atom stereocenters. The zero-order valence-corrected chi connectivity index (χ0v) is 10.6. The Hall–Kier alpha value is -1.10. The lowest BCUT2D eigenvalue weighted by atomic mass is 10.2. The molecule has 0 bridgehead atoms. The molecule has 1 aromatic heterocycles. The van der Waals surface area contributed by atoms with Gasteiger partial charge in [-0.3, -0.25) is 4.79 Å². The van der Waals surface area contributed by atoms with Crippen LogP contribution in [0.1, 0.15) is 6.42 Å². The van der Waals surface area contributed by atoms with E-state index in [1.165, 1.54) is 0 Å². The Morgan fingerprint density at radius 1 is 1.69 bits per heavy atom. The fourth-order valence-corrected chi connectivity index (χ4v) is 2.25. The highest BCUT2D eigenvalue weighted by Crippen LogP contribution is 2.27. The molecule has 4 nitrogen and oxygen atoms in total. The lowest BCUT2D eigenvalue weighted by Gasteiger charge is -2.16. The van der Waals surface area contributed by atoms with Crippen LogP contribution in [-0.4, -0.2) is 29.9 Å². The monoisotopic (exact) mass is 284 g/mol. The van der Waals surface area contributed by atoms with E-state index in [0.29, 0.717) is 18.2 Å². The van der Waals surface area contributed by atoms with Crippen LogP contribution in [-0.2, 0) is 4.79 Å². The van der Waals surface area contributed by atoms with Gasteiger partial charge in [0.1, 0.15) is 0 Å². The molecule has 0 aliphatic carbocycles. The SMILES string of the molecule is COc1cc(N2CC(CBr)CC2=O)ccn1. The number of methoxy groups -OCH3 is 1. The van der Waals surface area contributed by atoms with Gasteiger partial charge in [-0.1, -0.05) is 15.9 Å². The molecule has 1 aliphatic heterocycles. The zero-order chi connectivity index (χ0) is 11.5. The van der Waals surface area contributed by atoms with Gasteiger partial charge in [0.25, 0.3) is 0 Å². The van der Waals surface area contributed by atoms with Crippen molar-refractivity contribution in [2.24, 2.45) is 5.92 Å². The summed E-state index contributed by atoms with van der Waals surface area (Å²) in [6, 6.07) is 3.62. The van der Waals surface area contributed by atoms with E-state index in [4.69, 9.17) is 4.74 Å². The average molecular weight is 285 g/mol. The van der Waals surface area contributed by atoms with Crippen LogP contribution >= 0.6 is 15.9 Å². The second-order valence-corrected chi connectivity index (χ2v) is 4.43. The number of carbonyl (C=O) groups excluding carboxylic acids is 1. The van der Waals surface area contributed by atoms with E-state index in [2.05, 4.69) is 20.9 Å². The number of anilines is 1. The summed E-state index contributed by atoms with van der Waals surface area (Å²) in [6.07, 6.45) is 2.26. The lowest BCUT2D eigenvalue weighted by molar-refractivity contribution is -0.117. The molecule has 2 rings (SSSR count). The van der Waals surface area contributed by atoms with Gasteiger partial charge in [0.2, 0.25) is 11.8 Å². The van der Waals surface area contributed by atoms with Crippen molar-refractivity contribution in [3.63, 3.8) is 0 Å². The van der Waals surface area contributed by atoms with Crippen LogP contribution in [0.5, 0.6) is 5.88 Å². The summed E-state index contributed by atoms with van der Waals surface area (Å²) in [5.41, 5.74) is 0.861. The Kier molecular flexibility index (Phi) is 3.43. The van der Waals surface area contributed by atoms with Gasteiger partial charge in [-0.15, -0.1) is 0 Å². The second kappa shape index (κ2) is 4.82. The quantitative estimate of drug-likeness (QED) is 0.796. The summed E-state index contributed by atoms with van der Waals surface area (Å²) in [5.74, 6) is 1.09. The highest BCUT2D eigenvalue weighted by molar-refractivity contribution is 9.09. The van der Waals surface area contributed by atoms with Crippen LogP contribution in [0.3, 0.4) is 0 Å². The first-order chi connectivity index (χ1) is 7.74. The predicted octanol–water partition coefficient (Wildman–Crippen LogP) is 1.84. The number of hydrogen-bond donors (Lipinski definition) is 0. The molecule has 2 heterocycles. The molecule has 1 fully saturated rings. The van der Waals surface area contributed by atoms with Gasteiger partial charge in [-0.25, -0.2) is 4.98 Å². The van der Waals surface area contributed by atoms with Crippen LogP contribution in [0.4, 0.5) is 5.69 Å². The molecule has 86 valence electrons. The van der Waals surface area contributed by atoms with Crippen molar-refractivity contribution in [1.29, 1.82) is 0 Å². The van der Waals surface area contributed by atoms with Crippen molar-refractivity contribution >= 4 is 27.5 Å². The summed E-state index contributed by atoms with van der Waals surface area (Å²) < 4.78 is 5.04. The molecular weight excluding hydrogens is 272 g/mol. The Morgan fingerprint density at radius 2 is 2.50 bits per heavy atom. The Balaban J connectivity index is 2.20. The third-order valence-corrected chi connectivity index (χ3v) is 3.58. The van der Waals surface area contributed by atoms with Gasteiger partial charge >= 0.3 is 0 Å². The van der Waals surface area contributed by atoms with E-state index in [1.54, 1.807) is 24.3 Å². The van der Waals surface area contributed by atoms with Crippen molar-refractivity contribution < 1.29 is 9.53 Å². The number of halogens is 1. The average Bonchev–Trinajstić information content (AvgIpc) is 2.71. The number of nitrogens with zero attached hydrogens (tertiary/aromatic N) is 2. The first kappa shape index (κ1) is 11.4. The summed E-state index contributed by atoms with van der Waals surface area (Å²) in [6.45, 7) is 0.761. The topological polar surface area (TPSA) is 42.4 Å². The van der Waals surface area contributed by atoms with Crippen LogP contribution in [0.2, 0.25) is 0 Å². The van der Waals surface area contributed by atoms with Crippen LogP contribution in [0, 0.1) is 5.92 Å². The van der Waals surface area contributed by atoms with E-state index in [0.717, 1.165) is 17.6 Å². The smallest absolute Gasteiger partial charge is 0.227 e. The number of amides is 1. The third kappa shape index (κ3) is 2.19. The predicted molar refractivity (Wildman–Crippen MR) is 65.0 cm³/mol. The number of aromatic nitrogens is 1. The second-order valence-electron chi connectivity index (χ2n) is 3.79. The van der Waals surface area contributed by atoms with Crippen LogP contribution < -0.4 is 9.64 Å². The molecule has 0 spiro atoms. The summed E-state index contributed by atoms with van der Waals surface area (Å²) in [4.78, 5) is 17.6. The molecule has 1 atom stereocenters. The van der Waals surface area contributed by atoms with E-state index in [9.17, 15) is 4.79 Å². The number of pyridine rings is 1. The maximum Gasteiger partial charge on any atom is 0.227 e. The molecule has 1 aliphatic rings. The molecule has 5 heteroatoms. The van der Waals surface area contributed by atoms with Crippen LogP contribution in [0.25, 0.3) is 0 Å². The summed E-state index contributed by atoms with van der Waals surface area (Å²) >= 11 is 3.42. The maximum atomic E-state index is 11.8. The molecule has 16 heavy (non-hydrogen) atoms. The number of rotatable bonds is 3. The van der Waals surface area contributed by atoms with Gasteiger partial charge in [0, 0.05) is 30.6 Å². The minimum absolute atomic E-state index is 0.165. The minimum Gasteiger partial charge on any atom is -0.481 e. The Bertz CT molecular complexity index is 397. The normalized spacial score (nSPS) is 20.2.